The first-order valence-corrected chi connectivity index (χ1v) is 10.6. The van der Waals surface area contributed by atoms with E-state index in [1.54, 1.807) is 6.07 Å². The number of aromatic nitrogens is 1. The molecule has 1 saturated heterocycles. The molecule has 2 atom stereocenters. The molecule has 3 rings (SSSR count). The van der Waals surface area contributed by atoms with Gasteiger partial charge in [0.25, 0.3) is 0 Å². The van der Waals surface area contributed by atoms with Gasteiger partial charge in [-0.25, -0.2) is 9.18 Å². The normalized spacial score (nSPS) is 21.3. The molecule has 0 aromatic carbocycles. The number of halogens is 2. The van der Waals surface area contributed by atoms with Crippen LogP contribution in [-0.2, 0) is 12.0 Å². The standard InChI is InChI=1S/C21H28F2N4OS/c1-14-4-5-15(12-25-14)20(2,3)27-11-10-21(13-27,18(23)26-19(24)28)9-8-16-6-7-17(22)29-16/h4-7,12,18H,8-11,13H2,1-3H3,(H3,24,26,28)/t18-,21?/m1/s1. The summed E-state index contributed by atoms with van der Waals surface area (Å²) in [4.78, 5) is 18.8. The van der Waals surface area contributed by atoms with Crippen molar-refractivity contribution in [3.63, 3.8) is 0 Å². The maximum Gasteiger partial charge on any atom is 0.314 e. The molecule has 8 heteroatoms. The summed E-state index contributed by atoms with van der Waals surface area (Å²) >= 11 is 1.08. The number of carbonyl (C=O) groups excluding carboxylic acids is 1. The number of carbonyl (C=O) groups is 1. The lowest BCUT2D eigenvalue weighted by molar-refractivity contribution is 0.0590. The zero-order valence-electron chi connectivity index (χ0n) is 17.0. The molecule has 3 heterocycles. The number of nitrogens with zero attached hydrogens (tertiary/aromatic N) is 2. The summed E-state index contributed by atoms with van der Waals surface area (Å²) in [5.41, 5.74) is 6.06. The van der Waals surface area contributed by atoms with Gasteiger partial charge in [0.1, 0.15) is 0 Å². The van der Waals surface area contributed by atoms with Gasteiger partial charge >= 0.3 is 6.03 Å². The number of nitrogens with one attached hydrogen (secondary N) is 1. The van der Waals surface area contributed by atoms with Crippen molar-refractivity contribution in [2.24, 2.45) is 11.1 Å². The number of nitrogens with two attached hydrogens (primary N) is 1. The van der Waals surface area contributed by atoms with Crippen molar-refractivity contribution in [3.8, 4) is 0 Å². The zero-order chi connectivity index (χ0) is 21.2. The summed E-state index contributed by atoms with van der Waals surface area (Å²) in [7, 11) is 0. The fourth-order valence-electron chi connectivity index (χ4n) is 4.06. The lowest BCUT2D eigenvalue weighted by Crippen LogP contribution is -2.50. The Kier molecular flexibility index (Phi) is 6.24. The van der Waals surface area contributed by atoms with E-state index in [2.05, 4.69) is 29.0 Å². The summed E-state index contributed by atoms with van der Waals surface area (Å²) in [6.07, 6.45) is 1.91. The van der Waals surface area contributed by atoms with Crippen molar-refractivity contribution in [2.75, 3.05) is 13.1 Å². The molecule has 0 aliphatic carbocycles. The minimum Gasteiger partial charge on any atom is -0.352 e. The number of pyridine rings is 1. The SMILES string of the molecule is Cc1ccc(C(C)(C)N2CCC(CCc3ccc(F)s3)([C@H](F)NC(N)=O)C2)cn1. The molecule has 1 fully saturated rings. The number of rotatable bonds is 7. The summed E-state index contributed by atoms with van der Waals surface area (Å²) in [6.45, 7) is 7.27. The van der Waals surface area contributed by atoms with Gasteiger partial charge in [-0.05, 0) is 70.3 Å². The van der Waals surface area contributed by atoms with Gasteiger partial charge in [0, 0.05) is 34.3 Å². The van der Waals surface area contributed by atoms with E-state index in [-0.39, 0.29) is 10.7 Å². The topological polar surface area (TPSA) is 71.2 Å². The van der Waals surface area contributed by atoms with E-state index in [4.69, 9.17) is 5.73 Å². The monoisotopic (exact) mass is 422 g/mol. The molecule has 0 saturated carbocycles. The second kappa shape index (κ2) is 8.36. The minimum atomic E-state index is -1.57. The van der Waals surface area contributed by atoms with Crippen molar-refractivity contribution >= 4 is 17.4 Å². The number of hydrogen-bond donors (Lipinski definition) is 2. The second-order valence-electron chi connectivity index (χ2n) is 8.36. The first kappa shape index (κ1) is 21.6. The van der Waals surface area contributed by atoms with Gasteiger partial charge in [-0.2, -0.15) is 4.39 Å². The Morgan fingerprint density at radius 2 is 2.17 bits per heavy atom. The van der Waals surface area contributed by atoms with Gasteiger partial charge in [0.05, 0.1) is 0 Å². The average Bonchev–Trinajstić information content (AvgIpc) is 3.27. The highest BCUT2D eigenvalue weighted by Crippen LogP contribution is 2.44. The van der Waals surface area contributed by atoms with E-state index in [9.17, 15) is 9.18 Å². The molecule has 2 amide bonds. The van der Waals surface area contributed by atoms with E-state index in [1.807, 2.05) is 25.3 Å². The number of hydrogen-bond acceptors (Lipinski definition) is 4. The van der Waals surface area contributed by atoms with Crippen molar-refractivity contribution in [1.82, 2.24) is 15.2 Å². The predicted octanol–water partition coefficient (Wildman–Crippen LogP) is 4.11. The van der Waals surface area contributed by atoms with Crippen molar-refractivity contribution < 1.29 is 13.6 Å². The Morgan fingerprint density at radius 3 is 2.76 bits per heavy atom. The third kappa shape index (κ3) is 4.75. The van der Waals surface area contributed by atoms with Crippen LogP contribution in [0.15, 0.2) is 30.5 Å². The maximum atomic E-state index is 15.2. The highest BCUT2D eigenvalue weighted by Gasteiger charge is 2.48. The molecule has 2 aromatic heterocycles. The van der Waals surface area contributed by atoms with E-state index in [1.165, 1.54) is 6.07 Å². The molecule has 0 radical (unpaired) electrons. The highest BCUT2D eigenvalue weighted by molar-refractivity contribution is 7.10. The van der Waals surface area contributed by atoms with E-state index >= 15 is 4.39 Å². The van der Waals surface area contributed by atoms with Gasteiger partial charge in [-0.3, -0.25) is 9.88 Å². The number of urea groups is 1. The number of amides is 2. The predicted molar refractivity (Wildman–Crippen MR) is 111 cm³/mol. The van der Waals surface area contributed by atoms with Gasteiger partial charge in [0.15, 0.2) is 11.4 Å². The van der Waals surface area contributed by atoms with Gasteiger partial charge < -0.3 is 11.1 Å². The van der Waals surface area contributed by atoms with Gasteiger partial charge in [-0.15, -0.1) is 11.3 Å². The zero-order valence-corrected chi connectivity index (χ0v) is 17.9. The van der Waals surface area contributed by atoms with E-state index < -0.39 is 17.7 Å². The molecule has 0 spiro atoms. The number of aryl methyl sites for hydroxylation is 2. The van der Waals surface area contributed by atoms with Crippen LogP contribution in [0.3, 0.4) is 0 Å². The molecule has 1 aliphatic rings. The summed E-state index contributed by atoms with van der Waals surface area (Å²) in [5.74, 6) is 0. The molecular weight excluding hydrogens is 394 g/mol. The first-order valence-electron chi connectivity index (χ1n) is 9.75. The van der Waals surface area contributed by atoms with E-state index in [0.29, 0.717) is 32.4 Å². The minimum absolute atomic E-state index is 0.248. The molecule has 1 unspecified atom stereocenters. The van der Waals surface area contributed by atoms with Gasteiger partial charge in [0.2, 0.25) is 0 Å². The smallest absolute Gasteiger partial charge is 0.314 e. The highest BCUT2D eigenvalue weighted by atomic mass is 32.1. The first-order chi connectivity index (χ1) is 13.6. The number of alkyl halides is 1. The maximum absolute atomic E-state index is 15.2. The van der Waals surface area contributed by atoms with Crippen molar-refractivity contribution in [2.45, 2.75) is 51.9 Å². The van der Waals surface area contributed by atoms with Crippen molar-refractivity contribution in [1.29, 1.82) is 0 Å². The van der Waals surface area contributed by atoms with Crippen LogP contribution in [0, 0.1) is 17.5 Å². The lowest BCUT2D eigenvalue weighted by Gasteiger charge is -2.39. The molecule has 1 aliphatic heterocycles. The Labute approximate surface area is 174 Å². The van der Waals surface area contributed by atoms with Crippen LogP contribution in [0.25, 0.3) is 0 Å². The summed E-state index contributed by atoms with van der Waals surface area (Å²) in [6, 6.07) is 6.30. The Morgan fingerprint density at radius 1 is 1.41 bits per heavy atom. The number of primary amides is 1. The number of likely N-dealkylation sites (tertiary alicyclic amines) is 1. The number of thiophene rings is 1. The quantitative estimate of drug-likeness (QED) is 0.660. The largest absolute Gasteiger partial charge is 0.352 e. The van der Waals surface area contributed by atoms with Crippen LogP contribution in [0.1, 0.15) is 42.8 Å². The molecule has 158 valence electrons. The van der Waals surface area contributed by atoms with Crippen LogP contribution in [0.5, 0.6) is 0 Å². The summed E-state index contributed by atoms with van der Waals surface area (Å²) < 4.78 is 28.6. The fraction of sp³-hybridized carbons (Fsp3) is 0.524. The molecular formula is C21H28F2N4OS. The van der Waals surface area contributed by atoms with Crippen LogP contribution in [0.4, 0.5) is 13.6 Å². The Hall–Kier alpha value is -2.06. The van der Waals surface area contributed by atoms with E-state index in [0.717, 1.165) is 27.5 Å². The van der Waals surface area contributed by atoms with Crippen LogP contribution < -0.4 is 11.1 Å². The average molecular weight is 423 g/mol. The van der Waals surface area contributed by atoms with Crippen LogP contribution >= 0.6 is 11.3 Å². The summed E-state index contributed by atoms with van der Waals surface area (Å²) in [5, 5.41) is 2.00. The van der Waals surface area contributed by atoms with Crippen LogP contribution in [0.2, 0.25) is 0 Å². The lowest BCUT2D eigenvalue weighted by atomic mass is 9.80. The fourth-order valence-corrected chi connectivity index (χ4v) is 4.79. The Bertz CT molecular complexity index is 855. The molecule has 29 heavy (non-hydrogen) atoms. The molecule has 5 nitrogen and oxygen atoms in total. The molecule has 3 N–H and O–H groups in total. The van der Waals surface area contributed by atoms with Crippen LogP contribution in [-0.4, -0.2) is 35.3 Å². The third-order valence-corrected chi connectivity index (χ3v) is 7.03. The molecule has 0 bridgehead atoms. The van der Waals surface area contributed by atoms with Crippen molar-refractivity contribution in [3.05, 3.63) is 51.7 Å². The Balaban J connectivity index is 1.81. The third-order valence-electron chi connectivity index (χ3n) is 6.10. The van der Waals surface area contributed by atoms with Gasteiger partial charge in [-0.1, -0.05) is 6.07 Å². The molecule has 2 aromatic rings. The second-order valence-corrected chi connectivity index (χ2v) is 9.48.